The first-order valence-corrected chi connectivity index (χ1v) is 6.34. The van der Waals surface area contributed by atoms with Crippen LogP contribution in [0, 0.1) is 0 Å². The van der Waals surface area contributed by atoms with Crippen LogP contribution < -0.4 is 0 Å². The number of aromatic nitrogens is 3. The molecule has 0 saturated heterocycles. The molecule has 19 heavy (non-hydrogen) atoms. The Bertz CT molecular complexity index is 629. The molecule has 1 saturated carbocycles. The van der Waals surface area contributed by atoms with Crippen LogP contribution in [-0.2, 0) is 5.54 Å². The van der Waals surface area contributed by atoms with Crippen LogP contribution in [0.1, 0.15) is 31.0 Å². The number of hydrogen-bond donors (Lipinski definition) is 0. The summed E-state index contributed by atoms with van der Waals surface area (Å²) in [5.41, 5.74) is -0.963. The van der Waals surface area contributed by atoms with Crippen LogP contribution in [0.2, 0.25) is 0 Å². The molecule has 2 aromatic rings. The molecule has 0 N–H and O–H groups in total. The Balaban J connectivity index is 2.30. The van der Waals surface area contributed by atoms with Gasteiger partial charge in [0, 0.05) is 6.20 Å². The van der Waals surface area contributed by atoms with E-state index < -0.39 is 17.1 Å². The highest BCUT2D eigenvalue weighted by Crippen LogP contribution is 2.57. The number of hydrogen-bond acceptors (Lipinski definition) is 2. The number of pyridine rings is 1. The zero-order valence-electron chi connectivity index (χ0n) is 10.1. The van der Waals surface area contributed by atoms with E-state index in [2.05, 4.69) is 9.97 Å². The van der Waals surface area contributed by atoms with Crippen LogP contribution in [0.3, 0.4) is 0 Å². The molecule has 1 fully saturated rings. The Kier molecular flexibility index (Phi) is 2.58. The summed E-state index contributed by atoms with van der Waals surface area (Å²) in [6.45, 7) is 1.62. The van der Waals surface area contributed by atoms with Crippen molar-refractivity contribution in [3.63, 3.8) is 0 Å². The van der Waals surface area contributed by atoms with E-state index in [0.29, 0.717) is 11.0 Å². The number of nitrogens with zero attached hydrogens (tertiary/aromatic N) is 3. The van der Waals surface area contributed by atoms with Crippen molar-refractivity contribution in [2.75, 3.05) is 0 Å². The molecule has 2 heterocycles. The number of fused-ring (bicyclic) bond motifs is 1. The topological polar surface area (TPSA) is 30.7 Å². The molecule has 1 atom stereocenters. The van der Waals surface area contributed by atoms with Gasteiger partial charge in [-0.2, -0.15) is 13.2 Å². The van der Waals surface area contributed by atoms with E-state index in [1.807, 2.05) is 0 Å². The fraction of sp³-hybridized carbons (Fsp3) is 0.500. The Morgan fingerprint density at radius 2 is 2.11 bits per heavy atom. The smallest absolute Gasteiger partial charge is 0.311 e. The fourth-order valence-electron chi connectivity index (χ4n) is 2.42. The van der Waals surface area contributed by atoms with Gasteiger partial charge >= 0.3 is 6.18 Å². The standard InChI is InChI=1S/C12H11ClF3N3/c1-7(13)10-18-8-6-17-5-2-9(8)19(10)11(3-4-11)12(14,15)16/h2,5-7H,3-4H2,1H3. The minimum Gasteiger partial charge on any atom is -0.311 e. The molecule has 0 aromatic carbocycles. The third kappa shape index (κ3) is 1.73. The summed E-state index contributed by atoms with van der Waals surface area (Å²) >= 11 is 5.99. The molecule has 1 aliphatic rings. The Hall–Kier alpha value is -1.30. The second-order valence-corrected chi connectivity index (χ2v) is 5.47. The lowest BCUT2D eigenvalue weighted by molar-refractivity contribution is -0.179. The van der Waals surface area contributed by atoms with Gasteiger partial charge in [-0.05, 0) is 25.8 Å². The quantitative estimate of drug-likeness (QED) is 0.788. The SMILES string of the molecule is CC(Cl)c1nc2cnccc2n1C1(C(F)(F)F)CC1. The van der Waals surface area contributed by atoms with Crippen molar-refractivity contribution < 1.29 is 13.2 Å². The Morgan fingerprint density at radius 3 is 2.63 bits per heavy atom. The second kappa shape index (κ2) is 3.85. The lowest BCUT2D eigenvalue weighted by atomic mass is 10.2. The molecule has 3 rings (SSSR count). The summed E-state index contributed by atoms with van der Waals surface area (Å²) in [6.07, 6.45) is -1.23. The van der Waals surface area contributed by atoms with Crippen molar-refractivity contribution in [1.29, 1.82) is 0 Å². The highest BCUT2D eigenvalue weighted by molar-refractivity contribution is 6.20. The van der Waals surface area contributed by atoms with Gasteiger partial charge in [-0.15, -0.1) is 11.6 Å². The first-order chi connectivity index (χ1) is 8.87. The Morgan fingerprint density at radius 1 is 1.42 bits per heavy atom. The normalized spacial score (nSPS) is 19.6. The molecule has 1 aliphatic carbocycles. The van der Waals surface area contributed by atoms with Gasteiger partial charge in [0.15, 0.2) is 0 Å². The summed E-state index contributed by atoms with van der Waals surface area (Å²) in [7, 11) is 0. The zero-order chi connectivity index (χ0) is 13.8. The maximum atomic E-state index is 13.3. The average Bonchev–Trinajstić information content (AvgIpc) is 3.04. The van der Waals surface area contributed by atoms with Gasteiger partial charge in [-0.25, -0.2) is 4.98 Å². The third-order valence-corrected chi connectivity index (χ3v) is 3.71. The predicted octanol–water partition coefficient (Wildman–Crippen LogP) is 3.78. The number of rotatable bonds is 2. The molecule has 1 unspecified atom stereocenters. The number of imidazole rings is 1. The van der Waals surface area contributed by atoms with Gasteiger partial charge in [0.25, 0.3) is 0 Å². The molecular formula is C12H11ClF3N3. The molecule has 2 aromatic heterocycles. The van der Waals surface area contributed by atoms with Crippen LogP contribution in [-0.4, -0.2) is 20.7 Å². The van der Waals surface area contributed by atoms with Crippen molar-refractivity contribution >= 4 is 22.6 Å². The summed E-state index contributed by atoms with van der Waals surface area (Å²) in [4.78, 5) is 8.09. The summed E-state index contributed by atoms with van der Waals surface area (Å²) < 4.78 is 41.2. The molecular weight excluding hydrogens is 279 g/mol. The summed E-state index contributed by atoms with van der Waals surface area (Å²) in [5.74, 6) is 0.250. The maximum absolute atomic E-state index is 13.3. The molecule has 0 bridgehead atoms. The monoisotopic (exact) mass is 289 g/mol. The van der Waals surface area contributed by atoms with E-state index in [4.69, 9.17) is 11.6 Å². The van der Waals surface area contributed by atoms with Gasteiger partial charge in [-0.1, -0.05) is 0 Å². The van der Waals surface area contributed by atoms with Crippen molar-refractivity contribution in [3.05, 3.63) is 24.3 Å². The minimum atomic E-state index is -4.30. The first kappa shape index (κ1) is 12.7. The number of halogens is 4. The predicted molar refractivity (Wildman–Crippen MR) is 65.1 cm³/mol. The first-order valence-electron chi connectivity index (χ1n) is 5.90. The van der Waals surface area contributed by atoms with E-state index in [-0.39, 0.29) is 18.7 Å². The van der Waals surface area contributed by atoms with Crippen molar-refractivity contribution in [2.24, 2.45) is 0 Å². The van der Waals surface area contributed by atoms with E-state index in [1.165, 1.54) is 17.0 Å². The molecule has 0 spiro atoms. The van der Waals surface area contributed by atoms with Gasteiger partial charge in [0.1, 0.15) is 16.9 Å². The molecule has 0 radical (unpaired) electrons. The minimum absolute atomic E-state index is 0.0703. The summed E-state index contributed by atoms with van der Waals surface area (Å²) in [5, 5.41) is -0.591. The van der Waals surface area contributed by atoms with Crippen LogP contribution in [0.5, 0.6) is 0 Å². The molecule has 3 nitrogen and oxygen atoms in total. The molecule has 7 heteroatoms. The largest absolute Gasteiger partial charge is 0.412 e. The Labute approximate surface area is 112 Å². The van der Waals surface area contributed by atoms with Crippen molar-refractivity contribution in [1.82, 2.24) is 14.5 Å². The van der Waals surface area contributed by atoms with Gasteiger partial charge in [-0.3, -0.25) is 4.98 Å². The van der Waals surface area contributed by atoms with E-state index >= 15 is 0 Å². The van der Waals surface area contributed by atoms with Crippen LogP contribution in [0.4, 0.5) is 13.2 Å². The fourth-order valence-corrected chi connectivity index (χ4v) is 2.57. The third-order valence-electron chi connectivity index (χ3n) is 3.52. The van der Waals surface area contributed by atoms with Crippen molar-refractivity contribution in [2.45, 2.75) is 36.9 Å². The second-order valence-electron chi connectivity index (χ2n) is 4.82. The van der Waals surface area contributed by atoms with Crippen LogP contribution in [0.15, 0.2) is 18.5 Å². The van der Waals surface area contributed by atoms with E-state index in [0.717, 1.165) is 0 Å². The van der Waals surface area contributed by atoms with Crippen LogP contribution >= 0.6 is 11.6 Å². The lowest BCUT2D eigenvalue weighted by Crippen LogP contribution is -2.36. The van der Waals surface area contributed by atoms with Gasteiger partial charge in [0.2, 0.25) is 0 Å². The van der Waals surface area contributed by atoms with Gasteiger partial charge in [0.05, 0.1) is 17.1 Å². The number of alkyl halides is 4. The van der Waals surface area contributed by atoms with Gasteiger partial charge < -0.3 is 4.57 Å². The summed E-state index contributed by atoms with van der Waals surface area (Å²) in [6, 6.07) is 1.55. The van der Waals surface area contributed by atoms with E-state index in [9.17, 15) is 13.2 Å². The molecule has 0 amide bonds. The van der Waals surface area contributed by atoms with E-state index in [1.54, 1.807) is 13.0 Å². The molecule has 0 aliphatic heterocycles. The average molecular weight is 290 g/mol. The zero-order valence-corrected chi connectivity index (χ0v) is 10.8. The van der Waals surface area contributed by atoms with Crippen molar-refractivity contribution in [3.8, 4) is 0 Å². The lowest BCUT2D eigenvalue weighted by Gasteiger charge is -2.24. The maximum Gasteiger partial charge on any atom is 0.412 e. The highest BCUT2D eigenvalue weighted by atomic mass is 35.5. The highest BCUT2D eigenvalue weighted by Gasteiger charge is 2.66. The van der Waals surface area contributed by atoms with Crippen LogP contribution in [0.25, 0.3) is 11.0 Å². The molecule has 102 valence electrons.